The first-order chi connectivity index (χ1) is 17.4. The highest BCUT2D eigenvalue weighted by Gasteiger charge is 2.22. The first-order valence-electron chi connectivity index (χ1n) is 10.9. The van der Waals surface area contributed by atoms with Crippen molar-refractivity contribution in [3.63, 3.8) is 0 Å². The van der Waals surface area contributed by atoms with E-state index >= 15 is 4.39 Å². The van der Waals surface area contributed by atoms with Crippen molar-refractivity contribution in [2.24, 2.45) is 12.8 Å². The number of para-hydroxylation sites is 1. The van der Waals surface area contributed by atoms with E-state index in [1.54, 1.807) is 54.9 Å². The second kappa shape index (κ2) is 9.59. The fourth-order valence-electron chi connectivity index (χ4n) is 3.78. The average molecular weight is 502 g/mol. The lowest BCUT2D eigenvalue weighted by Gasteiger charge is -2.23. The molecule has 0 atom stereocenters. The number of imidazole rings is 1. The van der Waals surface area contributed by atoms with Crippen LogP contribution < -0.4 is 15.4 Å². The van der Waals surface area contributed by atoms with Gasteiger partial charge in [-0.1, -0.05) is 18.2 Å². The van der Waals surface area contributed by atoms with Crippen LogP contribution in [-0.2, 0) is 16.6 Å². The second-order valence-electron chi connectivity index (χ2n) is 7.92. The number of nitrogens with zero attached hydrogens (tertiary/aromatic N) is 4. The van der Waals surface area contributed by atoms with E-state index in [-0.39, 0.29) is 11.4 Å². The van der Waals surface area contributed by atoms with Crippen LogP contribution in [0.3, 0.4) is 0 Å². The lowest BCUT2D eigenvalue weighted by atomic mass is 10.2. The number of aromatic nitrogens is 3. The predicted molar refractivity (Wildman–Crippen MR) is 136 cm³/mol. The van der Waals surface area contributed by atoms with Crippen LogP contribution in [0.2, 0.25) is 0 Å². The molecule has 8 nitrogen and oxygen atoms in total. The third-order valence-electron chi connectivity index (χ3n) is 5.40. The van der Waals surface area contributed by atoms with Crippen LogP contribution in [0.4, 0.5) is 15.8 Å². The standard InChI is InChI=1S/C26H20FN5O3S/c1-31-12-11-30-26(31)22-14-19-25(36-22)21(9-10-29-19)35-20-8-7-17(13-18(20)27)32(24(34)15-23(28)33)16-5-3-2-4-6-16/h2-14H,15H2,1H3,(H2,28,33). The second-order valence-corrected chi connectivity index (χ2v) is 8.97. The minimum Gasteiger partial charge on any atom is -0.453 e. The number of fused-ring (bicyclic) bond motifs is 1. The molecule has 0 aliphatic rings. The van der Waals surface area contributed by atoms with Crippen molar-refractivity contribution in [2.45, 2.75) is 6.42 Å². The molecule has 0 radical (unpaired) electrons. The van der Waals surface area contributed by atoms with Crippen LogP contribution >= 0.6 is 11.3 Å². The highest BCUT2D eigenvalue weighted by atomic mass is 32.1. The molecule has 0 spiro atoms. The summed E-state index contributed by atoms with van der Waals surface area (Å²) in [4.78, 5) is 35.1. The zero-order chi connectivity index (χ0) is 25.2. The third-order valence-corrected chi connectivity index (χ3v) is 6.53. The van der Waals surface area contributed by atoms with Crippen LogP contribution in [-0.4, -0.2) is 26.3 Å². The fraction of sp³-hybridized carbons (Fsp3) is 0.0769. The number of ether oxygens (including phenoxy) is 1. The number of amides is 2. The Hall–Kier alpha value is -4.57. The number of nitrogens with two attached hydrogens (primary N) is 1. The van der Waals surface area contributed by atoms with E-state index in [4.69, 9.17) is 10.5 Å². The van der Waals surface area contributed by atoms with Gasteiger partial charge in [-0.15, -0.1) is 11.3 Å². The Morgan fingerprint density at radius 3 is 2.53 bits per heavy atom. The zero-order valence-corrected chi connectivity index (χ0v) is 19.9. The largest absolute Gasteiger partial charge is 0.453 e. The SMILES string of the molecule is Cn1ccnc1-c1cc2nccc(Oc3ccc(N(C(=O)CC(N)=O)c4ccccc4)cc3F)c2s1. The number of rotatable bonds is 7. The lowest BCUT2D eigenvalue weighted by Crippen LogP contribution is -2.30. The van der Waals surface area contributed by atoms with E-state index < -0.39 is 24.1 Å². The van der Waals surface area contributed by atoms with Crippen molar-refractivity contribution < 1.29 is 18.7 Å². The van der Waals surface area contributed by atoms with Crippen molar-refractivity contribution >= 4 is 44.7 Å². The van der Waals surface area contributed by atoms with Gasteiger partial charge in [-0.3, -0.25) is 19.5 Å². The quantitative estimate of drug-likeness (QED) is 0.310. The van der Waals surface area contributed by atoms with E-state index in [2.05, 4.69) is 9.97 Å². The van der Waals surface area contributed by atoms with Crippen LogP contribution in [0.15, 0.2) is 79.3 Å². The van der Waals surface area contributed by atoms with Crippen molar-refractivity contribution in [3.8, 4) is 22.2 Å². The van der Waals surface area contributed by atoms with E-state index in [1.165, 1.54) is 28.4 Å². The van der Waals surface area contributed by atoms with Gasteiger partial charge in [-0.25, -0.2) is 9.37 Å². The third kappa shape index (κ3) is 4.53. The molecule has 180 valence electrons. The minimum absolute atomic E-state index is 0.0199. The van der Waals surface area contributed by atoms with Gasteiger partial charge in [-0.05, 0) is 30.3 Å². The maximum Gasteiger partial charge on any atom is 0.240 e. The number of thiophene rings is 1. The normalized spacial score (nSPS) is 10.9. The Labute approximate surface area is 209 Å². The molecule has 0 aliphatic carbocycles. The number of carbonyl (C=O) groups excluding carboxylic acids is 2. The Balaban J connectivity index is 1.48. The Kier molecular flexibility index (Phi) is 6.17. The Bertz CT molecular complexity index is 1580. The van der Waals surface area contributed by atoms with E-state index in [1.807, 2.05) is 23.9 Å². The van der Waals surface area contributed by atoms with Gasteiger partial charge in [0.2, 0.25) is 11.8 Å². The number of benzene rings is 2. The number of hydrogen-bond donors (Lipinski definition) is 1. The van der Waals surface area contributed by atoms with Gasteiger partial charge in [-0.2, -0.15) is 0 Å². The molecule has 3 heterocycles. The van der Waals surface area contributed by atoms with Gasteiger partial charge in [0.25, 0.3) is 0 Å². The van der Waals surface area contributed by atoms with Crippen LogP contribution in [0, 0.1) is 5.82 Å². The van der Waals surface area contributed by atoms with Crippen molar-refractivity contribution in [2.75, 3.05) is 4.90 Å². The van der Waals surface area contributed by atoms with Gasteiger partial charge >= 0.3 is 0 Å². The Morgan fingerprint density at radius 2 is 1.83 bits per heavy atom. The molecule has 10 heteroatoms. The molecule has 36 heavy (non-hydrogen) atoms. The fourth-order valence-corrected chi connectivity index (χ4v) is 4.89. The minimum atomic E-state index is -0.774. The number of primary amides is 1. The molecule has 0 aliphatic heterocycles. The summed E-state index contributed by atoms with van der Waals surface area (Å²) in [6.07, 6.45) is 4.65. The van der Waals surface area contributed by atoms with Crippen LogP contribution in [0.25, 0.3) is 20.9 Å². The Morgan fingerprint density at radius 1 is 1.03 bits per heavy atom. The molecule has 0 saturated carbocycles. The van der Waals surface area contributed by atoms with E-state index in [9.17, 15) is 9.59 Å². The number of halogens is 1. The summed E-state index contributed by atoms with van der Waals surface area (Å²) in [5.41, 5.74) is 6.65. The molecule has 0 unspecified atom stereocenters. The summed E-state index contributed by atoms with van der Waals surface area (Å²) in [6, 6.07) is 16.4. The van der Waals surface area contributed by atoms with Gasteiger partial charge in [0.1, 0.15) is 18.0 Å². The first-order valence-corrected chi connectivity index (χ1v) is 11.7. The highest BCUT2D eigenvalue weighted by molar-refractivity contribution is 7.22. The number of pyridine rings is 1. The highest BCUT2D eigenvalue weighted by Crippen LogP contribution is 2.39. The monoisotopic (exact) mass is 501 g/mol. The topological polar surface area (TPSA) is 103 Å². The summed E-state index contributed by atoms with van der Waals surface area (Å²) in [5, 5.41) is 0. The molecule has 0 bridgehead atoms. The molecule has 2 aromatic carbocycles. The summed E-state index contributed by atoms with van der Waals surface area (Å²) >= 11 is 1.45. The van der Waals surface area contributed by atoms with Crippen molar-refractivity contribution in [1.82, 2.24) is 14.5 Å². The maximum atomic E-state index is 15.2. The number of anilines is 2. The summed E-state index contributed by atoms with van der Waals surface area (Å²) in [7, 11) is 1.90. The molecule has 3 aromatic heterocycles. The van der Waals surface area contributed by atoms with Crippen molar-refractivity contribution in [3.05, 3.63) is 85.1 Å². The van der Waals surface area contributed by atoms with Gasteiger partial charge in [0.15, 0.2) is 11.6 Å². The summed E-state index contributed by atoms with van der Waals surface area (Å²) in [5.74, 6) is -0.801. The number of aryl methyl sites for hydroxylation is 1. The van der Waals surface area contributed by atoms with Gasteiger partial charge in [0.05, 0.1) is 20.8 Å². The van der Waals surface area contributed by atoms with Gasteiger partial charge in [0, 0.05) is 43.5 Å². The molecule has 2 amide bonds. The number of carbonyl (C=O) groups is 2. The predicted octanol–water partition coefficient (Wildman–Crippen LogP) is 5.17. The summed E-state index contributed by atoms with van der Waals surface area (Å²) < 4.78 is 23.8. The lowest BCUT2D eigenvalue weighted by molar-refractivity contribution is -0.125. The van der Waals surface area contributed by atoms with E-state index in [0.717, 1.165) is 15.4 Å². The molecule has 2 N–H and O–H groups in total. The number of hydrogen-bond acceptors (Lipinski definition) is 6. The molecule has 0 fully saturated rings. The average Bonchev–Trinajstić information content (AvgIpc) is 3.47. The van der Waals surface area contributed by atoms with Crippen molar-refractivity contribution in [1.29, 1.82) is 0 Å². The first kappa shape index (κ1) is 23.2. The molecular weight excluding hydrogens is 481 g/mol. The maximum absolute atomic E-state index is 15.2. The molecule has 5 aromatic rings. The van der Waals surface area contributed by atoms with Crippen LogP contribution in [0.5, 0.6) is 11.5 Å². The van der Waals surface area contributed by atoms with Crippen LogP contribution in [0.1, 0.15) is 6.42 Å². The molecule has 0 saturated heterocycles. The smallest absolute Gasteiger partial charge is 0.240 e. The van der Waals surface area contributed by atoms with Gasteiger partial charge < -0.3 is 15.0 Å². The zero-order valence-electron chi connectivity index (χ0n) is 19.1. The summed E-state index contributed by atoms with van der Waals surface area (Å²) in [6.45, 7) is 0. The molecular formula is C26H20FN5O3S. The molecule has 5 rings (SSSR count). The van der Waals surface area contributed by atoms with E-state index in [0.29, 0.717) is 17.0 Å².